The summed E-state index contributed by atoms with van der Waals surface area (Å²) in [4.78, 5) is 24.3. The molecule has 0 spiro atoms. The van der Waals surface area contributed by atoms with Crippen LogP contribution in [-0.4, -0.2) is 19.0 Å². The highest BCUT2D eigenvalue weighted by Gasteiger charge is 2.26. The molecule has 0 bridgehead atoms. The molecule has 0 saturated heterocycles. The van der Waals surface area contributed by atoms with E-state index in [1.807, 2.05) is 44.2 Å². The topological polar surface area (TPSA) is 55.4 Å². The molecule has 1 aromatic carbocycles. The smallest absolute Gasteiger partial charge is 0.341 e. The standard InChI is InChI=1S/C17H18ClNO3S/c1-10(2)13-14(17(21)22-3)16(23-15(13)18)19-12(20)9-11-7-5-4-6-8-11/h4-8,10H,9H2,1-3H3,(H,19,20). The van der Waals surface area contributed by atoms with E-state index >= 15 is 0 Å². The Labute approximate surface area is 144 Å². The summed E-state index contributed by atoms with van der Waals surface area (Å²) in [7, 11) is 1.31. The zero-order valence-corrected chi connectivity index (χ0v) is 14.8. The van der Waals surface area contributed by atoms with Crippen LogP contribution >= 0.6 is 22.9 Å². The highest BCUT2D eigenvalue weighted by Crippen LogP contribution is 2.41. The fraction of sp³-hybridized carbons (Fsp3) is 0.294. The van der Waals surface area contributed by atoms with Crippen LogP contribution in [0.1, 0.15) is 41.3 Å². The second-order valence-corrected chi connectivity index (χ2v) is 6.97. The summed E-state index contributed by atoms with van der Waals surface area (Å²) in [5, 5.41) is 3.22. The summed E-state index contributed by atoms with van der Waals surface area (Å²) in [6.45, 7) is 3.88. The molecule has 1 amide bonds. The van der Waals surface area contributed by atoms with E-state index in [-0.39, 0.29) is 18.2 Å². The zero-order chi connectivity index (χ0) is 17.0. The second-order valence-electron chi connectivity index (χ2n) is 5.35. The maximum absolute atomic E-state index is 12.2. The Hall–Kier alpha value is -1.85. The number of benzene rings is 1. The van der Waals surface area contributed by atoms with Gasteiger partial charge in [0.2, 0.25) is 5.91 Å². The van der Waals surface area contributed by atoms with Gasteiger partial charge in [-0.05, 0) is 11.5 Å². The lowest BCUT2D eigenvalue weighted by molar-refractivity contribution is -0.115. The Morgan fingerprint density at radius 2 is 1.91 bits per heavy atom. The molecule has 1 aromatic heterocycles. The Kier molecular flexibility index (Phi) is 5.80. The molecule has 1 heterocycles. The number of ether oxygens (including phenoxy) is 1. The second kappa shape index (κ2) is 7.62. The maximum atomic E-state index is 12.2. The predicted octanol–water partition coefficient (Wildman–Crippen LogP) is 4.49. The summed E-state index contributed by atoms with van der Waals surface area (Å²) in [6, 6.07) is 9.40. The molecular weight excluding hydrogens is 334 g/mol. The van der Waals surface area contributed by atoms with Crippen molar-refractivity contribution in [1.29, 1.82) is 0 Å². The molecule has 122 valence electrons. The molecule has 0 aliphatic rings. The van der Waals surface area contributed by atoms with Crippen molar-refractivity contribution in [2.75, 3.05) is 12.4 Å². The van der Waals surface area contributed by atoms with Gasteiger partial charge in [0, 0.05) is 5.56 Å². The third-order valence-corrected chi connectivity index (χ3v) is 4.67. The molecule has 0 radical (unpaired) electrons. The number of carbonyl (C=O) groups excluding carboxylic acids is 2. The van der Waals surface area contributed by atoms with Crippen molar-refractivity contribution in [3.8, 4) is 0 Å². The fourth-order valence-corrected chi connectivity index (χ4v) is 3.91. The maximum Gasteiger partial charge on any atom is 0.341 e. The number of halogens is 1. The third kappa shape index (κ3) is 4.12. The highest BCUT2D eigenvalue weighted by atomic mass is 35.5. The molecule has 0 unspecified atom stereocenters. The molecule has 2 aromatic rings. The van der Waals surface area contributed by atoms with Crippen molar-refractivity contribution in [2.24, 2.45) is 0 Å². The number of esters is 1. The van der Waals surface area contributed by atoms with Crippen molar-refractivity contribution < 1.29 is 14.3 Å². The van der Waals surface area contributed by atoms with E-state index in [1.54, 1.807) is 0 Å². The molecule has 0 aliphatic carbocycles. The highest BCUT2D eigenvalue weighted by molar-refractivity contribution is 7.20. The van der Waals surface area contributed by atoms with Crippen LogP contribution in [0.5, 0.6) is 0 Å². The lowest BCUT2D eigenvalue weighted by Gasteiger charge is -2.09. The van der Waals surface area contributed by atoms with Crippen LogP contribution in [0.2, 0.25) is 4.34 Å². The van der Waals surface area contributed by atoms with Gasteiger partial charge in [0.1, 0.15) is 5.00 Å². The number of carbonyl (C=O) groups is 2. The van der Waals surface area contributed by atoms with E-state index in [4.69, 9.17) is 16.3 Å². The lowest BCUT2D eigenvalue weighted by Crippen LogP contribution is -2.16. The van der Waals surface area contributed by atoms with Crippen molar-refractivity contribution >= 4 is 39.8 Å². The molecule has 1 N–H and O–H groups in total. The van der Waals surface area contributed by atoms with E-state index in [0.29, 0.717) is 20.5 Å². The summed E-state index contributed by atoms with van der Waals surface area (Å²) in [6.07, 6.45) is 0.230. The van der Waals surface area contributed by atoms with Crippen molar-refractivity contribution in [3.05, 3.63) is 51.4 Å². The normalized spacial score (nSPS) is 10.7. The van der Waals surface area contributed by atoms with Crippen LogP contribution in [0.3, 0.4) is 0 Å². The Bertz CT molecular complexity index is 710. The van der Waals surface area contributed by atoms with Gasteiger partial charge in [0.05, 0.1) is 23.4 Å². The van der Waals surface area contributed by atoms with Crippen LogP contribution in [0.25, 0.3) is 0 Å². The van der Waals surface area contributed by atoms with Gasteiger partial charge in [-0.3, -0.25) is 4.79 Å². The number of hydrogen-bond donors (Lipinski definition) is 1. The Morgan fingerprint density at radius 1 is 1.26 bits per heavy atom. The zero-order valence-electron chi connectivity index (χ0n) is 13.2. The van der Waals surface area contributed by atoms with Crippen LogP contribution in [0.15, 0.2) is 30.3 Å². The number of thiophene rings is 1. The molecule has 0 saturated carbocycles. The van der Waals surface area contributed by atoms with Gasteiger partial charge in [-0.2, -0.15) is 0 Å². The van der Waals surface area contributed by atoms with Crippen molar-refractivity contribution in [3.63, 3.8) is 0 Å². The first-order valence-corrected chi connectivity index (χ1v) is 8.37. The van der Waals surface area contributed by atoms with E-state index in [9.17, 15) is 9.59 Å². The largest absolute Gasteiger partial charge is 0.465 e. The van der Waals surface area contributed by atoms with E-state index in [1.165, 1.54) is 18.4 Å². The lowest BCUT2D eigenvalue weighted by atomic mass is 10.0. The summed E-state index contributed by atoms with van der Waals surface area (Å²) in [5.41, 5.74) is 1.95. The van der Waals surface area contributed by atoms with E-state index in [0.717, 1.165) is 5.56 Å². The molecule has 2 rings (SSSR count). The van der Waals surface area contributed by atoms with Crippen LogP contribution in [0.4, 0.5) is 5.00 Å². The SMILES string of the molecule is COC(=O)c1c(NC(=O)Cc2ccccc2)sc(Cl)c1C(C)C. The van der Waals surface area contributed by atoms with Crippen LogP contribution in [-0.2, 0) is 16.0 Å². The average molecular weight is 352 g/mol. The average Bonchev–Trinajstić information content (AvgIpc) is 2.83. The molecule has 6 heteroatoms. The quantitative estimate of drug-likeness (QED) is 0.807. The van der Waals surface area contributed by atoms with Gasteiger partial charge < -0.3 is 10.1 Å². The van der Waals surface area contributed by atoms with E-state index in [2.05, 4.69) is 5.32 Å². The number of hydrogen-bond acceptors (Lipinski definition) is 4. The third-order valence-electron chi connectivity index (χ3n) is 3.33. The molecule has 0 atom stereocenters. The summed E-state index contributed by atoms with van der Waals surface area (Å²) >= 11 is 7.43. The van der Waals surface area contributed by atoms with Gasteiger partial charge in [-0.25, -0.2) is 4.79 Å². The van der Waals surface area contributed by atoms with Crippen molar-refractivity contribution in [2.45, 2.75) is 26.2 Å². The molecular formula is C17H18ClNO3S. The number of amides is 1. The minimum Gasteiger partial charge on any atom is -0.465 e. The molecule has 0 fully saturated rings. The predicted molar refractivity (Wildman–Crippen MR) is 93.5 cm³/mol. The summed E-state index contributed by atoms with van der Waals surface area (Å²) in [5.74, 6) is -0.644. The first-order valence-electron chi connectivity index (χ1n) is 7.18. The summed E-state index contributed by atoms with van der Waals surface area (Å²) < 4.78 is 5.33. The van der Waals surface area contributed by atoms with Gasteiger partial charge in [0.25, 0.3) is 0 Å². The Morgan fingerprint density at radius 3 is 2.48 bits per heavy atom. The van der Waals surface area contributed by atoms with Crippen molar-refractivity contribution in [1.82, 2.24) is 0 Å². The minimum atomic E-state index is -0.494. The van der Waals surface area contributed by atoms with Crippen LogP contribution in [0, 0.1) is 0 Å². The van der Waals surface area contributed by atoms with Crippen LogP contribution < -0.4 is 5.32 Å². The number of anilines is 1. The van der Waals surface area contributed by atoms with Gasteiger partial charge >= 0.3 is 5.97 Å². The molecule has 0 aliphatic heterocycles. The molecule has 4 nitrogen and oxygen atoms in total. The van der Waals surface area contributed by atoms with Gasteiger partial charge in [-0.1, -0.05) is 55.8 Å². The minimum absolute atomic E-state index is 0.0487. The van der Waals surface area contributed by atoms with Gasteiger partial charge in [-0.15, -0.1) is 11.3 Å². The fourth-order valence-electron chi connectivity index (χ4n) is 2.28. The monoisotopic (exact) mass is 351 g/mol. The van der Waals surface area contributed by atoms with E-state index < -0.39 is 5.97 Å². The Balaban J connectivity index is 2.27. The number of rotatable bonds is 5. The molecule has 23 heavy (non-hydrogen) atoms. The van der Waals surface area contributed by atoms with Gasteiger partial charge in [0.15, 0.2) is 0 Å². The first-order chi connectivity index (χ1) is 10.9. The number of nitrogens with one attached hydrogen (secondary N) is 1. The number of methoxy groups -OCH3 is 1. The first kappa shape index (κ1) is 17.5.